The van der Waals surface area contributed by atoms with E-state index >= 15 is 0 Å². The zero-order valence-electron chi connectivity index (χ0n) is 21.4. The summed E-state index contributed by atoms with van der Waals surface area (Å²) in [6.07, 6.45) is 2.12. The van der Waals surface area contributed by atoms with Crippen molar-refractivity contribution in [2.45, 2.75) is 44.2 Å². The van der Waals surface area contributed by atoms with Gasteiger partial charge < -0.3 is 34.7 Å². The van der Waals surface area contributed by atoms with Crippen molar-refractivity contribution in [3.8, 4) is 5.75 Å². The van der Waals surface area contributed by atoms with Crippen molar-refractivity contribution < 1.29 is 33.4 Å². The molecule has 4 rings (SSSR count). The van der Waals surface area contributed by atoms with E-state index in [-0.39, 0.29) is 19.4 Å². The molecule has 0 amide bonds. The van der Waals surface area contributed by atoms with Gasteiger partial charge in [-0.15, -0.1) is 0 Å². The number of azide groups is 1. The van der Waals surface area contributed by atoms with Gasteiger partial charge in [0, 0.05) is 46.6 Å². The molecule has 1 aliphatic rings. The molecule has 1 aromatic carbocycles. The number of hydrogen-bond donors (Lipinski definition) is 5. The number of aromatic nitrogens is 3. The highest BCUT2D eigenvalue weighted by Crippen LogP contribution is 2.30. The summed E-state index contributed by atoms with van der Waals surface area (Å²) in [4.78, 5) is 53.1. The third kappa shape index (κ3) is 7.58. The van der Waals surface area contributed by atoms with Crippen molar-refractivity contribution in [1.29, 1.82) is 0 Å². The fourth-order valence-corrected chi connectivity index (χ4v) is 4.39. The molecule has 18 heteroatoms. The van der Waals surface area contributed by atoms with Crippen LogP contribution in [-0.2, 0) is 25.0 Å². The largest absolute Gasteiger partial charge is 0.757 e. The minimum Gasteiger partial charge on any atom is -0.757 e. The Bertz CT molecular complexity index is 1570. The molecule has 40 heavy (non-hydrogen) atoms. The normalized spacial score (nSPS) is 20.5. The van der Waals surface area contributed by atoms with Gasteiger partial charge >= 0.3 is 11.7 Å². The summed E-state index contributed by atoms with van der Waals surface area (Å²) in [6, 6.07) is 3.73. The molecular formula is C22H28N8O9P-. The Balaban J connectivity index is 0.000000222. The average molecular weight is 579 g/mol. The van der Waals surface area contributed by atoms with E-state index in [1.165, 1.54) is 10.8 Å². The minimum absolute atomic E-state index is 0.103. The third-order valence-corrected chi connectivity index (χ3v) is 6.41. The fraction of sp³-hybridized carbons (Fsp3) is 0.409. The van der Waals surface area contributed by atoms with Crippen LogP contribution in [0, 0.1) is 6.92 Å². The first-order chi connectivity index (χ1) is 18.9. The number of aromatic amines is 2. The highest BCUT2D eigenvalue weighted by Gasteiger charge is 2.35. The quantitative estimate of drug-likeness (QED) is 0.101. The summed E-state index contributed by atoms with van der Waals surface area (Å²) in [5, 5.41) is 13.5. The van der Waals surface area contributed by atoms with E-state index in [0.29, 0.717) is 11.3 Å². The van der Waals surface area contributed by atoms with Gasteiger partial charge in [0.05, 0.1) is 25.9 Å². The number of nitrogens with two attached hydrogens (primary N) is 2. The number of hydrogen-bond acceptors (Lipinski definition) is 11. The average Bonchev–Trinajstić information content (AvgIpc) is 3.49. The van der Waals surface area contributed by atoms with Crippen LogP contribution in [0.25, 0.3) is 21.3 Å². The van der Waals surface area contributed by atoms with Crippen LogP contribution in [0.2, 0.25) is 0 Å². The summed E-state index contributed by atoms with van der Waals surface area (Å²) in [7, 11) is -3.09. The predicted octanol–water partition coefficient (Wildman–Crippen LogP) is -0.180. The lowest BCUT2D eigenvalue weighted by atomic mass is 10.1. The first-order valence-electron chi connectivity index (χ1n) is 11.7. The second-order valence-electron chi connectivity index (χ2n) is 8.78. The van der Waals surface area contributed by atoms with Gasteiger partial charge in [0.15, 0.2) is 0 Å². The number of ether oxygens (including phenoxy) is 2. The smallest absolute Gasteiger partial charge is 0.330 e. The number of rotatable bonds is 8. The van der Waals surface area contributed by atoms with Gasteiger partial charge in [-0.05, 0) is 36.2 Å². The number of aliphatic hydroxyl groups is 1. The summed E-state index contributed by atoms with van der Waals surface area (Å²) in [5.41, 5.74) is 19.6. The first-order valence-corrected chi connectivity index (χ1v) is 13.3. The van der Waals surface area contributed by atoms with Crippen LogP contribution >= 0.6 is 7.75 Å². The molecule has 1 aliphatic heterocycles. The number of methoxy groups -OCH3 is 1. The van der Waals surface area contributed by atoms with E-state index in [1.54, 1.807) is 32.4 Å². The maximum Gasteiger partial charge on any atom is 0.330 e. The Labute approximate surface area is 225 Å². The molecular weight excluding hydrogens is 551 g/mol. The summed E-state index contributed by atoms with van der Waals surface area (Å²) >= 11 is 0. The molecule has 1 fully saturated rings. The van der Waals surface area contributed by atoms with Crippen molar-refractivity contribution in [2.24, 2.45) is 16.4 Å². The number of carbonyl (C=O) groups is 1. The molecule has 17 nitrogen and oxygen atoms in total. The topological polar surface area (TPSA) is 277 Å². The van der Waals surface area contributed by atoms with Crippen LogP contribution in [0.15, 0.2) is 45.3 Å². The van der Waals surface area contributed by atoms with E-state index in [9.17, 15) is 23.8 Å². The number of aryl methyl sites for hydroxylation is 1. The minimum atomic E-state index is -4.63. The van der Waals surface area contributed by atoms with Crippen LogP contribution < -0.4 is 32.1 Å². The molecule has 3 heterocycles. The van der Waals surface area contributed by atoms with Gasteiger partial charge in [-0.2, -0.15) is 0 Å². The Morgan fingerprint density at radius 1 is 1.45 bits per heavy atom. The van der Waals surface area contributed by atoms with Crippen molar-refractivity contribution in [3.05, 3.63) is 73.0 Å². The van der Waals surface area contributed by atoms with E-state index < -0.39 is 49.4 Å². The molecule has 216 valence electrons. The maximum absolute atomic E-state index is 11.7. The number of fused-ring (bicyclic) bond motifs is 1. The Morgan fingerprint density at radius 2 is 2.17 bits per heavy atom. The Hall–Kier alpha value is -3.95. The molecule has 7 N–H and O–H groups in total. The number of nitrogens with one attached hydrogen (secondary N) is 2. The summed E-state index contributed by atoms with van der Waals surface area (Å²) < 4.78 is 26.6. The van der Waals surface area contributed by atoms with Gasteiger partial charge in [0.25, 0.3) is 13.3 Å². The number of benzene rings is 1. The van der Waals surface area contributed by atoms with Crippen molar-refractivity contribution in [3.63, 3.8) is 0 Å². The molecule has 2 aromatic heterocycles. The zero-order valence-corrected chi connectivity index (χ0v) is 22.3. The molecule has 0 saturated carbocycles. The van der Waals surface area contributed by atoms with Gasteiger partial charge in [-0.1, -0.05) is 5.11 Å². The monoisotopic (exact) mass is 579 g/mol. The van der Waals surface area contributed by atoms with Crippen LogP contribution in [0.3, 0.4) is 0 Å². The van der Waals surface area contributed by atoms with Crippen LogP contribution in [0.1, 0.15) is 23.8 Å². The van der Waals surface area contributed by atoms with Crippen LogP contribution in [0.5, 0.6) is 5.75 Å². The molecule has 1 saturated heterocycles. The molecule has 0 spiro atoms. The molecule has 5 atom stereocenters. The van der Waals surface area contributed by atoms with Crippen molar-refractivity contribution >= 4 is 24.6 Å². The number of aliphatic hydroxyl groups excluding tert-OH is 1. The van der Waals surface area contributed by atoms with Gasteiger partial charge in [0.2, 0.25) is 0 Å². The van der Waals surface area contributed by atoms with Crippen LogP contribution in [0.4, 0.5) is 0 Å². The maximum atomic E-state index is 11.7. The Kier molecular flexibility index (Phi) is 9.89. The number of H-pyrrole nitrogens is 2. The van der Waals surface area contributed by atoms with E-state index in [1.807, 2.05) is 6.07 Å². The molecule has 0 radical (unpaired) electrons. The third-order valence-electron chi connectivity index (χ3n) is 5.97. The molecule has 0 aliphatic carbocycles. The van der Waals surface area contributed by atoms with Crippen molar-refractivity contribution in [2.75, 3.05) is 13.7 Å². The van der Waals surface area contributed by atoms with Gasteiger partial charge in [0.1, 0.15) is 18.0 Å². The van der Waals surface area contributed by atoms with Crippen molar-refractivity contribution in [1.82, 2.24) is 14.5 Å². The second kappa shape index (κ2) is 12.9. The lowest BCUT2D eigenvalue weighted by molar-refractivity contribution is -0.200. The highest BCUT2D eigenvalue weighted by molar-refractivity contribution is 7.49. The second-order valence-corrected chi connectivity index (χ2v) is 10.0. The first kappa shape index (κ1) is 30.6. The Morgan fingerprint density at radius 3 is 2.80 bits per heavy atom. The fourth-order valence-electron chi connectivity index (χ4n) is 4.00. The number of nitrogens with zero attached hydrogens (tertiary/aromatic N) is 4. The summed E-state index contributed by atoms with van der Waals surface area (Å²) in [5.74, 6) is -0.432. The molecule has 3 aromatic rings. The van der Waals surface area contributed by atoms with E-state index in [2.05, 4.69) is 30.0 Å². The predicted molar refractivity (Wildman–Crippen MR) is 139 cm³/mol. The summed E-state index contributed by atoms with van der Waals surface area (Å²) in [6.45, 7) is 1.26. The van der Waals surface area contributed by atoms with Gasteiger partial charge in [-0.3, -0.25) is 29.2 Å². The van der Waals surface area contributed by atoms with Gasteiger partial charge in [-0.25, -0.2) is 4.79 Å². The molecule has 1 unspecified atom stereocenters. The standard InChI is InChI=1S/C12H16N3O5P.C10H13N5O4/c1-19-8-2-3-11-9(5-8)7(6-15-11)4-10(13)12(16)20-21(14,17)18;1-5-3-15(10(18)12-9(5)17)8-2-6(13-14-11)7(4-16)19-8/h2-3,5-6,10,15H,4,13H2,1H3,(H3,14,17,18);3,6-8,16H,2,4H2,1H3,(H,12,17,18)/p-1/t10-;6-,7+,8+/m10/s1. The lowest BCUT2D eigenvalue weighted by Crippen LogP contribution is -2.35. The van der Waals surface area contributed by atoms with E-state index in [0.717, 1.165) is 16.5 Å². The van der Waals surface area contributed by atoms with E-state index in [4.69, 9.17) is 25.8 Å². The lowest BCUT2D eigenvalue weighted by Gasteiger charge is -2.19. The van der Waals surface area contributed by atoms with Crippen LogP contribution in [-0.4, -0.2) is 57.5 Å². The SMILES string of the molecule is COc1ccc2[nH]cc(C[C@@H](N)C(=O)OP(N)(=O)[O-])c2c1.Cc1cn([C@H]2C[C@H](N=[N+]=[N-])[C@@H](CO)O2)c(=O)[nH]c1=O. The molecule has 0 bridgehead atoms. The number of carbonyl (C=O) groups excluding carboxylic acids is 1. The highest BCUT2D eigenvalue weighted by atomic mass is 31.2. The zero-order chi connectivity index (χ0) is 29.6.